The molecule has 0 radical (unpaired) electrons. The number of carbonyl (C=O) groups excluding carboxylic acids is 1. The maximum Gasteiger partial charge on any atom is 0.407 e. The minimum Gasteiger partial charge on any atom is -0.444 e. The van der Waals surface area contributed by atoms with E-state index in [1.807, 2.05) is 30.3 Å². The molecule has 0 heterocycles. The number of aliphatic hydroxyl groups is 1. The predicted molar refractivity (Wildman–Crippen MR) is 141 cm³/mol. The van der Waals surface area contributed by atoms with E-state index in [4.69, 9.17) is 16.3 Å². The molecule has 2 rings (SSSR count). The highest BCUT2D eigenvalue weighted by Crippen LogP contribution is 2.29. The first-order valence-electron chi connectivity index (χ1n) is 11.8. The lowest BCUT2D eigenvalue weighted by molar-refractivity contribution is -0.384. The lowest BCUT2D eigenvalue weighted by Gasteiger charge is -2.31. The maximum atomic E-state index is 13.5. The third-order valence-corrected chi connectivity index (χ3v) is 7.32. The van der Waals surface area contributed by atoms with Crippen molar-refractivity contribution in [2.45, 2.75) is 63.7 Å². The average Bonchev–Trinajstić information content (AvgIpc) is 2.77. The molecule has 1 amide bonds. The molecule has 2 aromatic carbocycles. The number of hydrogen-bond acceptors (Lipinski definition) is 7. The van der Waals surface area contributed by atoms with E-state index in [-0.39, 0.29) is 35.3 Å². The molecule has 0 aromatic heterocycles. The van der Waals surface area contributed by atoms with Crippen LogP contribution in [0.3, 0.4) is 0 Å². The van der Waals surface area contributed by atoms with Crippen LogP contribution in [0.4, 0.5) is 10.5 Å². The summed E-state index contributed by atoms with van der Waals surface area (Å²) in [5.74, 6) is -0.129. The summed E-state index contributed by atoms with van der Waals surface area (Å²) in [6.45, 7) is 8.39. The molecule has 0 saturated carbocycles. The highest BCUT2D eigenvalue weighted by molar-refractivity contribution is 7.89. The van der Waals surface area contributed by atoms with Crippen LogP contribution in [0.25, 0.3) is 0 Å². The van der Waals surface area contributed by atoms with Crippen LogP contribution in [-0.2, 0) is 21.2 Å². The number of amides is 1. The number of sulfonamides is 1. The molecule has 0 aliphatic rings. The number of carbonyl (C=O) groups is 1. The maximum absolute atomic E-state index is 13.5. The normalized spacial score (nSPS) is 13.9. The number of ether oxygens (including phenoxy) is 1. The van der Waals surface area contributed by atoms with Gasteiger partial charge in [0.25, 0.3) is 5.69 Å². The second-order valence-corrected chi connectivity index (χ2v) is 12.4. The van der Waals surface area contributed by atoms with Crippen LogP contribution < -0.4 is 5.32 Å². The summed E-state index contributed by atoms with van der Waals surface area (Å²) in [7, 11) is -4.26. The molecule has 2 N–H and O–H groups in total. The molecule has 204 valence electrons. The summed E-state index contributed by atoms with van der Waals surface area (Å²) in [5, 5.41) is 25.0. The highest BCUT2D eigenvalue weighted by atomic mass is 35.5. The lowest BCUT2D eigenvalue weighted by Crippen LogP contribution is -2.51. The van der Waals surface area contributed by atoms with Gasteiger partial charge < -0.3 is 15.2 Å². The van der Waals surface area contributed by atoms with Crippen LogP contribution in [0, 0.1) is 16.0 Å². The minimum absolute atomic E-state index is 0.0281. The van der Waals surface area contributed by atoms with Crippen molar-refractivity contribution in [3.8, 4) is 0 Å². The Bertz CT molecular complexity index is 1180. The molecular weight excluding hydrogens is 522 g/mol. The summed E-state index contributed by atoms with van der Waals surface area (Å²) in [5.41, 5.74) is -0.502. The van der Waals surface area contributed by atoms with Crippen LogP contribution in [0.15, 0.2) is 53.4 Å². The predicted octanol–water partition coefficient (Wildman–Crippen LogP) is 4.39. The van der Waals surface area contributed by atoms with E-state index in [1.165, 1.54) is 6.07 Å². The van der Waals surface area contributed by atoms with E-state index in [1.54, 1.807) is 34.6 Å². The molecule has 0 saturated heterocycles. The third-order valence-electron chi connectivity index (χ3n) is 5.18. The Balaban J connectivity index is 2.39. The van der Waals surface area contributed by atoms with Gasteiger partial charge in [-0.25, -0.2) is 13.2 Å². The van der Waals surface area contributed by atoms with Crippen molar-refractivity contribution in [3.05, 3.63) is 69.2 Å². The van der Waals surface area contributed by atoms with E-state index in [2.05, 4.69) is 5.32 Å². The van der Waals surface area contributed by atoms with Gasteiger partial charge >= 0.3 is 6.09 Å². The molecule has 0 aliphatic carbocycles. The van der Waals surface area contributed by atoms with Crippen LogP contribution in [0.1, 0.15) is 40.2 Å². The number of nitrogens with one attached hydrogen (secondary N) is 1. The van der Waals surface area contributed by atoms with Gasteiger partial charge in [-0.1, -0.05) is 55.8 Å². The Morgan fingerprint density at radius 2 is 1.78 bits per heavy atom. The first kappa shape index (κ1) is 30.5. The fraction of sp³-hybridized carbons (Fsp3) is 0.480. The van der Waals surface area contributed by atoms with Crippen molar-refractivity contribution < 1.29 is 28.0 Å². The molecule has 0 aliphatic heterocycles. The number of nitro benzene ring substituents is 1. The highest BCUT2D eigenvalue weighted by Gasteiger charge is 2.33. The Morgan fingerprint density at radius 1 is 1.16 bits per heavy atom. The van der Waals surface area contributed by atoms with Gasteiger partial charge in [0.15, 0.2) is 0 Å². The minimum atomic E-state index is -4.26. The third kappa shape index (κ3) is 9.26. The SMILES string of the molecule is CC(C)CN(C[C@@H](O)[C@H](Cc1ccccc1)NC(=O)OC(C)(C)C)S(=O)(=O)c1ccc(Cl)c([N+](=O)[O-])c1. The van der Waals surface area contributed by atoms with Crippen molar-refractivity contribution in [3.63, 3.8) is 0 Å². The summed E-state index contributed by atoms with van der Waals surface area (Å²) in [6.07, 6.45) is -1.87. The van der Waals surface area contributed by atoms with Crippen molar-refractivity contribution >= 4 is 33.4 Å². The van der Waals surface area contributed by atoms with E-state index in [0.29, 0.717) is 0 Å². The molecule has 0 fully saturated rings. The molecule has 0 spiro atoms. The van der Waals surface area contributed by atoms with Gasteiger partial charge in [0.1, 0.15) is 10.6 Å². The van der Waals surface area contributed by atoms with Crippen LogP contribution in [-0.4, -0.2) is 59.7 Å². The summed E-state index contributed by atoms with van der Waals surface area (Å²) >= 11 is 5.86. The van der Waals surface area contributed by atoms with Gasteiger partial charge in [-0.2, -0.15) is 4.31 Å². The topological polar surface area (TPSA) is 139 Å². The quantitative estimate of drug-likeness (QED) is 0.309. The Labute approximate surface area is 222 Å². The summed E-state index contributed by atoms with van der Waals surface area (Å²) < 4.78 is 33.4. The first-order chi connectivity index (χ1) is 17.1. The zero-order valence-corrected chi connectivity index (χ0v) is 23.1. The van der Waals surface area contributed by atoms with E-state index < -0.39 is 44.5 Å². The zero-order chi connectivity index (χ0) is 28.0. The van der Waals surface area contributed by atoms with Gasteiger partial charge in [0.05, 0.1) is 22.0 Å². The standard InChI is InChI=1S/C25H34ClN3O7S/c1-17(2)15-28(37(34,35)19-11-12-20(26)22(14-19)29(32)33)16-23(30)21(13-18-9-7-6-8-10-18)27-24(31)36-25(3,4)5/h6-12,14,17,21,23,30H,13,15-16H2,1-5H3,(H,27,31)/t21-,23+/m0/s1. The molecule has 2 aromatic rings. The molecule has 12 heteroatoms. The van der Waals surface area contributed by atoms with E-state index >= 15 is 0 Å². The molecule has 0 bridgehead atoms. The van der Waals surface area contributed by atoms with E-state index in [9.17, 15) is 28.4 Å². The molecule has 10 nitrogen and oxygen atoms in total. The largest absolute Gasteiger partial charge is 0.444 e. The zero-order valence-electron chi connectivity index (χ0n) is 21.5. The number of aliphatic hydroxyl groups excluding tert-OH is 1. The number of nitrogens with zero attached hydrogens (tertiary/aromatic N) is 2. The smallest absolute Gasteiger partial charge is 0.407 e. The van der Waals surface area contributed by atoms with Crippen LogP contribution in [0.2, 0.25) is 5.02 Å². The lowest BCUT2D eigenvalue weighted by atomic mass is 10.0. The molecule has 37 heavy (non-hydrogen) atoms. The van der Waals surface area contributed by atoms with Crippen molar-refractivity contribution in [2.75, 3.05) is 13.1 Å². The molecule has 0 unspecified atom stereocenters. The number of benzene rings is 2. The number of nitro groups is 1. The second-order valence-electron chi connectivity index (χ2n) is 10.1. The number of hydrogen-bond donors (Lipinski definition) is 2. The Morgan fingerprint density at radius 3 is 2.32 bits per heavy atom. The average molecular weight is 556 g/mol. The Kier molecular flexibility index (Phi) is 10.5. The van der Waals surface area contributed by atoms with E-state index in [0.717, 1.165) is 22.0 Å². The van der Waals surface area contributed by atoms with Crippen molar-refractivity contribution in [1.82, 2.24) is 9.62 Å². The Hall–Kier alpha value is -2.73. The van der Waals surface area contributed by atoms with Crippen molar-refractivity contribution in [2.24, 2.45) is 5.92 Å². The van der Waals surface area contributed by atoms with Crippen LogP contribution >= 0.6 is 11.6 Å². The number of halogens is 1. The summed E-state index contributed by atoms with van der Waals surface area (Å²) in [4.78, 5) is 22.8. The fourth-order valence-corrected chi connectivity index (χ4v) is 5.39. The fourth-order valence-electron chi connectivity index (χ4n) is 3.57. The first-order valence-corrected chi connectivity index (χ1v) is 13.6. The second kappa shape index (κ2) is 12.7. The number of alkyl carbamates (subject to hydrolysis) is 1. The van der Waals surface area contributed by atoms with Crippen molar-refractivity contribution in [1.29, 1.82) is 0 Å². The molecular formula is C25H34ClN3O7S. The van der Waals surface area contributed by atoms with Gasteiger partial charge in [0, 0.05) is 19.2 Å². The molecule has 2 atom stereocenters. The van der Waals surface area contributed by atoms with Gasteiger partial charge in [-0.3, -0.25) is 10.1 Å². The van der Waals surface area contributed by atoms with Crippen LogP contribution in [0.5, 0.6) is 0 Å². The van der Waals surface area contributed by atoms with Gasteiger partial charge in [-0.05, 0) is 50.8 Å². The van der Waals surface area contributed by atoms with Gasteiger partial charge in [-0.15, -0.1) is 0 Å². The monoisotopic (exact) mass is 555 g/mol. The summed E-state index contributed by atoms with van der Waals surface area (Å²) in [6, 6.07) is 11.5. The van der Waals surface area contributed by atoms with Gasteiger partial charge in [0.2, 0.25) is 10.0 Å². The number of rotatable bonds is 11.